The van der Waals surface area contributed by atoms with Crippen molar-refractivity contribution in [2.24, 2.45) is 0 Å². The quantitative estimate of drug-likeness (QED) is 0.831. The number of likely N-dealkylation sites (tertiary alicyclic amines) is 1. The number of rotatable bonds is 7. The highest BCUT2D eigenvalue weighted by atomic mass is 16.2. The topological polar surface area (TPSA) is 52.7 Å². The minimum Gasteiger partial charge on any atom is -0.346 e. The molecule has 1 aliphatic heterocycles. The fourth-order valence-corrected chi connectivity index (χ4v) is 3.15. The Balaban J connectivity index is 1.64. The second kappa shape index (κ2) is 7.13. The van der Waals surface area contributed by atoms with Crippen LogP contribution in [0.15, 0.2) is 30.3 Å². The Kier molecular flexibility index (Phi) is 4.96. The summed E-state index contributed by atoms with van der Waals surface area (Å²) in [6.07, 6.45) is 3.92. The molecule has 1 saturated heterocycles. The molecule has 2 amide bonds. The lowest BCUT2D eigenvalue weighted by atomic mass is 10.1. The molecule has 0 radical (unpaired) electrons. The van der Waals surface area contributed by atoms with Crippen LogP contribution < -0.4 is 5.32 Å². The summed E-state index contributed by atoms with van der Waals surface area (Å²) >= 11 is 0. The molecule has 0 spiro atoms. The highest BCUT2D eigenvalue weighted by Gasteiger charge is 2.29. The normalized spacial score (nSPS) is 19.2. The van der Waals surface area contributed by atoms with Crippen molar-refractivity contribution in [3.8, 4) is 0 Å². The number of nitrogens with one attached hydrogen (secondary N) is 1. The number of amides is 2. The lowest BCUT2D eigenvalue weighted by Gasteiger charge is -2.26. The van der Waals surface area contributed by atoms with Crippen LogP contribution in [0.3, 0.4) is 0 Å². The van der Waals surface area contributed by atoms with Crippen LogP contribution in [0.25, 0.3) is 0 Å². The van der Waals surface area contributed by atoms with Gasteiger partial charge in [0.15, 0.2) is 0 Å². The molecule has 0 bridgehead atoms. The molecule has 1 atom stereocenters. The average Bonchev–Trinajstić information content (AvgIpc) is 3.32. The largest absolute Gasteiger partial charge is 0.346 e. The maximum Gasteiger partial charge on any atom is 0.234 e. The van der Waals surface area contributed by atoms with Crippen LogP contribution in [-0.2, 0) is 9.59 Å². The Hall–Kier alpha value is -1.88. The molecular weight excluding hydrogens is 290 g/mol. The third kappa shape index (κ3) is 4.32. The van der Waals surface area contributed by atoms with Gasteiger partial charge in [-0.3, -0.25) is 14.5 Å². The van der Waals surface area contributed by atoms with Gasteiger partial charge in [-0.1, -0.05) is 30.3 Å². The number of carbonyl (C=O) groups is 2. The summed E-state index contributed by atoms with van der Waals surface area (Å²) in [5, 5.41) is 3.12. The summed E-state index contributed by atoms with van der Waals surface area (Å²) in [4.78, 5) is 28.2. The van der Waals surface area contributed by atoms with Gasteiger partial charge in [-0.25, -0.2) is 0 Å². The van der Waals surface area contributed by atoms with Crippen molar-refractivity contribution in [1.29, 1.82) is 0 Å². The van der Waals surface area contributed by atoms with Crippen LogP contribution >= 0.6 is 0 Å². The zero-order valence-electron chi connectivity index (χ0n) is 13.7. The Morgan fingerprint density at radius 2 is 2.09 bits per heavy atom. The van der Waals surface area contributed by atoms with E-state index in [4.69, 9.17) is 0 Å². The van der Waals surface area contributed by atoms with Gasteiger partial charge in [0.2, 0.25) is 11.8 Å². The maximum absolute atomic E-state index is 12.4. The molecule has 2 fully saturated rings. The third-order valence-corrected chi connectivity index (χ3v) is 4.67. The molecule has 1 saturated carbocycles. The third-order valence-electron chi connectivity index (χ3n) is 4.67. The van der Waals surface area contributed by atoms with Crippen molar-refractivity contribution in [1.82, 2.24) is 15.1 Å². The fraction of sp³-hybridized carbons (Fsp3) is 0.556. The van der Waals surface area contributed by atoms with Crippen LogP contribution in [0.1, 0.15) is 37.3 Å². The number of hydrogen-bond acceptors (Lipinski definition) is 3. The Bertz CT molecular complexity index is 557. The van der Waals surface area contributed by atoms with Crippen molar-refractivity contribution < 1.29 is 9.59 Å². The van der Waals surface area contributed by atoms with E-state index in [0.717, 1.165) is 18.5 Å². The molecule has 5 heteroatoms. The van der Waals surface area contributed by atoms with Crippen LogP contribution in [0.2, 0.25) is 0 Å². The molecule has 2 aliphatic rings. The minimum absolute atomic E-state index is 0.0277. The summed E-state index contributed by atoms with van der Waals surface area (Å²) in [7, 11) is 2.00. The molecule has 1 aromatic rings. The Morgan fingerprint density at radius 3 is 2.70 bits per heavy atom. The first-order valence-electron chi connectivity index (χ1n) is 8.46. The lowest BCUT2D eigenvalue weighted by Crippen LogP contribution is -2.42. The van der Waals surface area contributed by atoms with Gasteiger partial charge in [0, 0.05) is 25.6 Å². The van der Waals surface area contributed by atoms with Crippen LogP contribution in [0, 0.1) is 0 Å². The van der Waals surface area contributed by atoms with Gasteiger partial charge in [-0.2, -0.15) is 0 Å². The fourth-order valence-electron chi connectivity index (χ4n) is 3.15. The van der Waals surface area contributed by atoms with Crippen LogP contribution in [0.4, 0.5) is 0 Å². The van der Waals surface area contributed by atoms with Gasteiger partial charge in [0.25, 0.3) is 0 Å². The van der Waals surface area contributed by atoms with Crippen LogP contribution in [-0.4, -0.2) is 54.3 Å². The van der Waals surface area contributed by atoms with Crippen molar-refractivity contribution in [3.05, 3.63) is 35.9 Å². The number of likely N-dealkylation sites (N-methyl/N-ethyl adjacent to an activating group) is 1. The van der Waals surface area contributed by atoms with Gasteiger partial charge in [0.1, 0.15) is 0 Å². The predicted octanol–water partition coefficient (Wildman–Crippen LogP) is 1.56. The predicted molar refractivity (Wildman–Crippen MR) is 88.8 cm³/mol. The molecule has 1 aliphatic carbocycles. The SMILES string of the molecule is CN(CC(=O)N[C@H](CN1CCCC1=O)c1ccccc1)C1CC1. The number of carbonyl (C=O) groups excluding carboxylic acids is 2. The number of nitrogens with zero attached hydrogens (tertiary/aromatic N) is 2. The lowest BCUT2D eigenvalue weighted by molar-refractivity contribution is -0.129. The second-order valence-electron chi connectivity index (χ2n) is 6.62. The van der Waals surface area contributed by atoms with E-state index in [1.807, 2.05) is 42.3 Å². The first-order chi connectivity index (χ1) is 11.1. The van der Waals surface area contributed by atoms with E-state index in [1.165, 1.54) is 12.8 Å². The summed E-state index contributed by atoms with van der Waals surface area (Å²) in [5.74, 6) is 0.218. The average molecular weight is 315 g/mol. The molecule has 1 N–H and O–H groups in total. The molecular formula is C18H25N3O2. The molecule has 0 unspecified atom stereocenters. The van der Waals surface area contributed by atoms with Crippen LogP contribution in [0.5, 0.6) is 0 Å². The molecule has 1 heterocycles. The van der Waals surface area contributed by atoms with E-state index >= 15 is 0 Å². The van der Waals surface area contributed by atoms with E-state index in [2.05, 4.69) is 10.2 Å². The van der Waals surface area contributed by atoms with E-state index in [0.29, 0.717) is 25.6 Å². The summed E-state index contributed by atoms with van der Waals surface area (Å²) in [6.45, 7) is 1.77. The van der Waals surface area contributed by atoms with E-state index in [1.54, 1.807) is 0 Å². The van der Waals surface area contributed by atoms with Gasteiger partial charge in [0.05, 0.1) is 12.6 Å². The molecule has 23 heavy (non-hydrogen) atoms. The minimum atomic E-state index is -0.140. The highest BCUT2D eigenvalue weighted by Crippen LogP contribution is 2.25. The van der Waals surface area contributed by atoms with E-state index in [-0.39, 0.29) is 17.9 Å². The standard InChI is InChI=1S/C18H25N3O2/c1-20(15-9-10-15)13-17(22)19-16(14-6-3-2-4-7-14)12-21-11-5-8-18(21)23/h2-4,6-7,15-16H,5,8-13H2,1H3,(H,19,22)/t16-/m1/s1. The van der Waals surface area contributed by atoms with Gasteiger partial charge in [-0.05, 0) is 31.9 Å². The Morgan fingerprint density at radius 1 is 1.35 bits per heavy atom. The molecule has 124 valence electrons. The van der Waals surface area contributed by atoms with Crippen molar-refractivity contribution in [2.75, 3.05) is 26.7 Å². The van der Waals surface area contributed by atoms with Gasteiger partial charge < -0.3 is 10.2 Å². The second-order valence-corrected chi connectivity index (χ2v) is 6.62. The number of hydrogen-bond donors (Lipinski definition) is 1. The smallest absolute Gasteiger partial charge is 0.234 e. The van der Waals surface area contributed by atoms with Crippen molar-refractivity contribution in [3.63, 3.8) is 0 Å². The van der Waals surface area contributed by atoms with Gasteiger partial charge in [-0.15, -0.1) is 0 Å². The first kappa shape index (κ1) is 16.0. The van der Waals surface area contributed by atoms with E-state index in [9.17, 15) is 9.59 Å². The highest BCUT2D eigenvalue weighted by molar-refractivity contribution is 5.79. The molecule has 0 aromatic heterocycles. The zero-order chi connectivity index (χ0) is 16.2. The monoisotopic (exact) mass is 315 g/mol. The first-order valence-corrected chi connectivity index (χ1v) is 8.46. The molecule has 5 nitrogen and oxygen atoms in total. The molecule has 1 aromatic carbocycles. The van der Waals surface area contributed by atoms with E-state index < -0.39 is 0 Å². The van der Waals surface area contributed by atoms with Crippen molar-refractivity contribution >= 4 is 11.8 Å². The Labute approximate surface area is 137 Å². The summed E-state index contributed by atoms with van der Waals surface area (Å²) < 4.78 is 0. The maximum atomic E-state index is 12.4. The summed E-state index contributed by atoms with van der Waals surface area (Å²) in [5.41, 5.74) is 1.05. The number of benzene rings is 1. The van der Waals surface area contributed by atoms with Crippen molar-refractivity contribution in [2.45, 2.75) is 37.8 Å². The zero-order valence-corrected chi connectivity index (χ0v) is 13.7. The van der Waals surface area contributed by atoms with Gasteiger partial charge >= 0.3 is 0 Å². The molecule has 3 rings (SSSR count). The summed E-state index contributed by atoms with van der Waals surface area (Å²) in [6, 6.07) is 10.3.